The molecule has 0 aliphatic heterocycles. The first kappa shape index (κ1) is 8.16. The van der Waals surface area contributed by atoms with Gasteiger partial charge in [0.05, 0.1) is 0 Å². The third kappa shape index (κ3) is 3.20. The van der Waals surface area contributed by atoms with Crippen LogP contribution in [0.4, 0.5) is 0 Å². The summed E-state index contributed by atoms with van der Waals surface area (Å²) in [5.74, 6) is -1.14. The highest BCUT2D eigenvalue weighted by molar-refractivity contribution is 14.1. The van der Waals surface area contributed by atoms with Crippen molar-refractivity contribution >= 4 is 28.6 Å². The van der Waals surface area contributed by atoms with E-state index in [4.69, 9.17) is 10.2 Å². The number of halogens is 1. The maximum Gasteiger partial charge on any atom is 0.332 e. The minimum absolute atomic E-state index is 0.329. The zero-order chi connectivity index (χ0) is 6.57. The Morgan fingerprint density at radius 1 is 1.75 bits per heavy atom. The van der Waals surface area contributed by atoms with E-state index in [1.165, 1.54) is 0 Å². The summed E-state index contributed by atoms with van der Waals surface area (Å²) in [5.41, 5.74) is 0. The molecule has 3 nitrogen and oxygen atoms in total. The molecular weight excluding hydrogens is 223 g/mol. The first-order valence-electron chi connectivity index (χ1n) is 2.15. The van der Waals surface area contributed by atoms with Crippen LogP contribution in [0, 0.1) is 0 Å². The number of carboxylic acids is 1. The summed E-state index contributed by atoms with van der Waals surface area (Å²) in [7, 11) is 0. The van der Waals surface area contributed by atoms with Gasteiger partial charge in [-0.15, -0.1) is 0 Å². The van der Waals surface area contributed by atoms with Crippen molar-refractivity contribution in [1.29, 1.82) is 0 Å². The second-order valence-corrected chi connectivity index (χ2v) is 2.41. The van der Waals surface area contributed by atoms with Crippen LogP contribution in [0.1, 0.15) is 6.42 Å². The SMILES string of the molecule is O=C(O)C(O)CCI. The maximum atomic E-state index is 9.84. The smallest absolute Gasteiger partial charge is 0.332 e. The molecule has 0 aromatic rings. The predicted molar refractivity (Wildman–Crippen MR) is 37.1 cm³/mol. The molecule has 1 atom stereocenters. The molecule has 0 aliphatic carbocycles. The summed E-state index contributed by atoms with van der Waals surface area (Å²) in [6.07, 6.45) is -0.845. The van der Waals surface area contributed by atoms with E-state index in [1.54, 1.807) is 0 Å². The van der Waals surface area contributed by atoms with Crippen molar-refractivity contribution in [2.75, 3.05) is 4.43 Å². The van der Waals surface area contributed by atoms with Crippen LogP contribution in [0.15, 0.2) is 0 Å². The molecule has 0 fully saturated rings. The van der Waals surface area contributed by atoms with E-state index in [1.807, 2.05) is 22.6 Å². The number of carboxylic acid groups (broad SMARTS) is 1. The van der Waals surface area contributed by atoms with Gasteiger partial charge in [0.2, 0.25) is 0 Å². The van der Waals surface area contributed by atoms with Gasteiger partial charge in [0.25, 0.3) is 0 Å². The largest absolute Gasteiger partial charge is 0.479 e. The molecule has 0 radical (unpaired) electrons. The highest BCUT2D eigenvalue weighted by atomic mass is 127. The average Bonchev–Trinajstić information content (AvgIpc) is 1.67. The standard InChI is InChI=1S/C4H7IO3/c5-2-1-3(6)4(7)8/h3,6H,1-2H2,(H,7,8). The normalized spacial score (nSPS) is 13.2. The molecule has 0 saturated carbocycles. The molecule has 0 rings (SSSR count). The summed E-state index contributed by atoms with van der Waals surface area (Å²) in [6, 6.07) is 0. The summed E-state index contributed by atoms with van der Waals surface area (Å²) in [5, 5.41) is 16.6. The summed E-state index contributed by atoms with van der Waals surface area (Å²) < 4.78 is 0.672. The van der Waals surface area contributed by atoms with Crippen LogP contribution in [-0.2, 0) is 4.79 Å². The van der Waals surface area contributed by atoms with Crippen molar-refractivity contribution in [2.24, 2.45) is 0 Å². The molecule has 0 spiro atoms. The lowest BCUT2D eigenvalue weighted by Gasteiger charge is -1.98. The van der Waals surface area contributed by atoms with Crippen LogP contribution in [0.5, 0.6) is 0 Å². The minimum atomic E-state index is -1.17. The number of carbonyl (C=O) groups is 1. The first-order valence-corrected chi connectivity index (χ1v) is 3.68. The zero-order valence-corrected chi connectivity index (χ0v) is 6.33. The van der Waals surface area contributed by atoms with E-state index < -0.39 is 12.1 Å². The predicted octanol–water partition coefficient (Wildman–Crippen LogP) is 0.257. The lowest BCUT2D eigenvalue weighted by Crippen LogP contribution is -2.19. The summed E-state index contributed by atoms with van der Waals surface area (Å²) in [6.45, 7) is 0. The molecule has 0 aromatic heterocycles. The molecule has 0 heterocycles. The molecule has 0 amide bonds. The van der Waals surface area contributed by atoms with Crippen molar-refractivity contribution < 1.29 is 15.0 Å². The Balaban J connectivity index is 3.32. The Hall–Kier alpha value is 0.160. The molecule has 1 unspecified atom stereocenters. The molecular formula is C4H7IO3. The van der Waals surface area contributed by atoms with E-state index in [0.29, 0.717) is 10.8 Å². The molecule has 4 heteroatoms. The Morgan fingerprint density at radius 3 is 2.38 bits per heavy atom. The van der Waals surface area contributed by atoms with Crippen LogP contribution >= 0.6 is 22.6 Å². The number of rotatable bonds is 3. The van der Waals surface area contributed by atoms with Gasteiger partial charge < -0.3 is 10.2 Å². The minimum Gasteiger partial charge on any atom is -0.479 e. The van der Waals surface area contributed by atoms with E-state index in [2.05, 4.69) is 0 Å². The monoisotopic (exact) mass is 230 g/mol. The third-order valence-electron chi connectivity index (χ3n) is 0.668. The van der Waals surface area contributed by atoms with Gasteiger partial charge >= 0.3 is 5.97 Å². The Morgan fingerprint density at radius 2 is 2.25 bits per heavy atom. The van der Waals surface area contributed by atoms with E-state index in [9.17, 15) is 4.79 Å². The van der Waals surface area contributed by atoms with E-state index in [-0.39, 0.29) is 0 Å². The zero-order valence-electron chi connectivity index (χ0n) is 4.17. The van der Waals surface area contributed by atoms with Gasteiger partial charge in [0.1, 0.15) is 0 Å². The van der Waals surface area contributed by atoms with Crippen molar-refractivity contribution in [3.8, 4) is 0 Å². The average molecular weight is 230 g/mol. The summed E-state index contributed by atoms with van der Waals surface area (Å²) in [4.78, 5) is 9.84. The molecule has 0 saturated heterocycles. The highest BCUT2D eigenvalue weighted by Gasteiger charge is 2.10. The van der Waals surface area contributed by atoms with Crippen LogP contribution in [-0.4, -0.2) is 26.7 Å². The van der Waals surface area contributed by atoms with Crippen molar-refractivity contribution in [3.63, 3.8) is 0 Å². The molecule has 8 heavy (non-hydrogen) atoms. The second kappa shape index (κ2) is 4.08. The van der Waals surface area contributed by atoms with Crippen LogP contribution < -0.4 is 0 Å². The fourth-order valence-electron chi connectivity index (χ4n) is 0.227. The van der Waals surface area contributed by atoms with E-state index >= 15 is 0 Å². The lowest BCUT2D eigenvalue weighted by atomic mass is 10.3. The van der Waals surface area contributed by atoms with Crippen LogP contribution in [0.25, 0.3) is 0 Å². The maximum absolute atomic E-state index is 9.84. The van der Waals surface area contributed by atoms with Gasteiger partial charge in [0, 0.05) is 4.43 Å². The number of hydrogen-bond donors (Lipinski definition) is 2. The first-order chi connectivity index (χ1) is 3.68. The molecule has 2 N–H and O–H groups in total. The van der Waals surface area contributed by atoms with Gasteiger partial charge in [-0.05, 0) is 6.42 Å². The van der Waals surface area contributed by atoms with E-state index in [0.717, 1.165) is 0 Å². The van der Waals surface area contributed by atoms with Gasteiger partial charge in [-0.25, -0.2) is 4.79 Å². The van der Waals surface area contributed by atoms with Gasteiger partial charge in [-0.2, -0.15) is 0 Å². The van der Waals surface area contributed by atoms with Gasteiger partial charge in [-0.3, -0.25) is 0 Å². The third-order valence-corrected chi connectivity index (χ3v) is 1.29. The van der Waals surface area contributed by atoms with Crippen molar-refractivity contribution in [1.82, 2.24) is 0 Å². The fraction of sp³-hybridized carbons (Fsp3) is 0.750. The molecule has 0 aromatic carbocycles. The Kier molecular flexibility index (Phi) is 4.16. The highest BCUT2D eigenvalue weighted by Crippen LogP contribution is 1.94. The number of aliphatic carboxylic acids is 1. The Bertz CT molecular complexity index is 83.4. The second-order valence-electron chi connectivity index (χ2n) is 1.33. The molecule has 0 bridgehead atoms. The van der Waals surface area contributed by atoms with Gasteiger partial charge in [-0.1, -0.05) is 22.6 Å². The van der Waals surface area contributed by atoms with Crippen molar-refractivity contribution in [2.45, 2.75) is 12.5 Å². The Labute approximate surface area is 60.8 Å². The van der Waals surface area contributed by atoms with Crippen LogP contribution in [0.3, 0.4) is 0 Å². The number of aliphatic hydroxyl groups excluding tert-OH is 1. The molecule has 48 valence electrons. The number of alkyl halides is 1. The molecule has 0 aliphatic rings. The van der Waals surface area contributed by atoms with Crippen molar-refractivity contribution in [3.05, 3.63) is 0 Å². The topological polar surface area (TPSA) is 57.5 Å². The number of hydrogen-bond acceptors (Lipinski definition) is 2. The quantitative estimate of drug-likeness (QED) is 0.540. The van der Waals surface area contributed by atoms with Gasteiger partial charge in [0.15, 0.2) is 6.10 Å². The number of aliphatic hydroxyl groups is 1. The summed E-state index contributed by atoms with van der Waals surface area (Å²) >= 11 is 2.01. The van der Waals surface area contributed by atoms with Crippen LogP contribution in [0.2, 0.25) is 0 Å². The lowest BCUT2D eigenvalue weighted by molar-refractivity contribution is -0.146. The fourth-order valence-corrected chi connectivity index (χ4v) is 0.817.